The van der Waals surface area contributed by atoms with Crippen LogP contribution in [-0.4, -0.2) is 27.2 Å². The summed E-state index contributed by atoms with van der Waals surface area (Å²) in [5.74, 6) is -0.973. The molecule has 170 valence electrons. The highest BCUT2D eigenvalue weighted by Gasteiger charge is 2.17. The van der Waals surface area contributed by atoms with Crippen LogP contribution in [0.25, 0.3) is 22.3 Å². The van der Waals surface area contributed by atoms with Crippen molar-refractivity contribution in [1.82, 2.24) is 20.1 Å². The quantitative estimate of drug-likeness (QED) is 0.476. The topological polar surface area (TPSA) is 85.8 Å². The Morgan fingerprint density at radius 2 is 2.03 bits per heavy atom. The number of halogens is 2. The summed E-state index contributed by atoms with van der Waals surface area (Å²) in [6.45, 7) is 11.3. The third-order valence-electron chi connectivity index (χ3n) is 5.30. The van der Waals surface area contributed by atoms with Gasteiger partial charge in [-0.05, 0) is 49.3 Å². The number of benzene rings is 1. The lowest BCUT2D eigenvalue weighted by Crippen LogP contribution is -2.26. The zero-order valence-electron chi connectivity index (χ0n) is 18.7. The summed E-state index contributed by atoms with van der Waals surface area (Å²) in [6, 6.07) is 6.20. The average molecular weight is 466 g/mol. The number of allylic oxidation sites excluding steroid dienone is 2. The molecule has 0 aliphatic carbocycles. The molecule has 3 rings (SSSR count). The van der Waals surface area contributed by atoms with Gasteiger partial charge in [0.2, 0.25) is 0 Å². The Kier molecular flexibility index (Phi) is 7.13. The van der Waals surface area contributed by atoms with Crippen LogP contribution in [0, 0.1) is 19.7 Å². The molecule has 1 aromatic carbocycles. The molecule has 0 aliphatic heterocycles. The maximum Gasteiger partial charge on any atom is 0.254 e. The van der Waals surface area contributed by atoms with Gasteiger partial charge in [0.15, 0.2) is 0 Å². The Labute approximate surface area is 197 Å². The first-order chi connectivity index (χ1) is 15.6. The fourth-order valence-electron chi connectivity index (χ4n) is 3.56. The predicted octanol–water partition coefficient (Wildman–Crippen LogP) is 5.08. The van der Waals surface area contributed by atoms with Crippen molar-refractivity contribution in [2.24, 2.45) is 7.05 Å². The van der Waals surface area contributed by atoms with Gasteiger partial charge in [-0.1, -0.05) is 36.9 Å². The summed E-state index contributed by atoms with van der Waals surface area (Å²) in [6.07, 6.45) is 4.79. The van der Waals surface area contributed by atoms with Gasteiger partial charge in [-0.3, -0.25) is 9.48 Å². The van der Waals surface area contributed by atoms with Gasteiger partial charge >= 0.3 is 0 Å². The molecule has 0 spiro atoms. The Hall–Kier alpha value is -3.71. The van der Waals surface area contributed by atoms with E-state index < -0.39 is 11.7 Å². The number of nitrogen functional groups attached to an aromatic ring is 1. The molecule has 0 saturated carbocycles. The number of nitrogens with one attached hydrogen (secondary N) is 1. The molecule has 8 heteroatoms. The Bertz CT molecular complexity index is 1290. The number of pyridine rings is 1. The van der Waals surface area contributed by atoms with Crippen molar-refractivity contribution in [3.63, 3.8) is 0 Å². The molecule has 2 aromatic heterocycles. The van der Waals surface area contributed by atoms with Gasteiger partial charge in [-0.15, -0.1) is 0 Å². The largest absolute Gasteiger partial charge is 0.383 e. The maximum absolute atomic E-state index is 14.9. The highest BCUT2D eigenvalue weighted by atomic mass is 35.5. The Morgan fingerprint density at radius 3 is 2.61 bits per heavy atom. The van der Waals surface area contributed by atoms with Crippen LogP contribution >= 0.6 is 11.6 Å². The van der Waals surface area contributed by atoms with Crippen LogP contribution in [0.3, 0.4) is 0 Å². The van der Waals surface area contributed by atoms with Crippen LogP contribution in [0.1, 0.15) is 21.7 Å². The minimum Gasteiger partial charge on any atom is -0.383 e. The highest BCUT2D eigenvalue weighted by molar-refractivity contribution is 6.30. The number of carbonyl (C=O) groups excluding carboxylic acids is 1. The number of rotatable bonds is 7. The van der Waals surface area contributed by atoms with Gasteiger partial charge in [0, 0.05) is 47.2 Å². The molecule has 0 aliphatic rings. The minimum atomic E-state index is -0.672. The highest BCUT2D eigenvalue weighted by Crippen LogP contribution is 2.33. The second kappa shape index (κ2) is 9.83. The van der Waals surface area contributed by atoms with Crippen molar-refractivity contribution in [3.8, 4) is 22.3 Å². The lowest BCUT2D eigenvalue weighted by atomic mass is 9.99. The van der Waals surface area contributed by atoms with Crippen molar-refractivity contribution in [3.05, 3.63) is 89.1 Å². The Morgan fingerprint density at radius 1 is 1.30 bits per heavy atom. The minimum absolute atomic E-state index is 0.0894. The summed E-state index contributed by atoms with van der Waals surface area (Å²) in [7, 11) is 1.87. The first-order valence-corrected chi connectivity index (χ1v) is 10.5. The van der Waals surface area contributed by atoms with Crippen molar-refractivity contribution < 1.29 is 9.18 Å². The molecule has 2 heterocycles. The molecule has 1 amide bonds. The van der Waals surface area contributed by atoms with Crippen molar-refractivity contribution in [1.29, 1.82) is 0 Å². The van der Waals surface area contributed by atoms with E-state index in [1.807, 2.05) is 27.0 Å². The van der Waals surface area contributed by atoms with Gasteiger partial charge in [-0.2, -0.15) is 5.10 Å². The lowest BCUT2D eigenvalue weighted by molar-refractivity contribution is 0.0953. The molecule has 0 atom stereocenters. The summed E-state index contributed by atoms with van der Waals surface area (Å²) in [4.78, 5) is 16.8. The van der Waals surface area contributed by atoms with E-state index in [1.165, 1.54) is 12.1 Å². The van der Waals surface area contributed by atoms with Gasteiger partial charge in [-0.25, -0.2) is 9.37 Å². The maximum atomic E-state index is 14.9. The van der Waals surface area contributed by atoms with Crippen LogP contribution in [0.4, 0.5) is 10.2 Å². The van der Waals surface area contributed by atoms with E-state index >= 15 is 0 Å². The molecule has 3 N–H and O–H groups in total. The van der Waals surface area contributed by atoms with E-state index in [0.29, 0.717) is 21.7 Å². The molecular formula is C25H25ClFN5O. The van der Waals surface area contributed by atoms with E-state index in [0.717, 1.165) is 22.5 Å². The lowest BCUT2D eigenvalue weighted by Gasteiger charge is -2.11. The van der Waals surface area contributed by atoms with Crippen LogP contribution in [-0.2, 0) is 7.05 Å². The number of aromatic nitrogens is 3. The number of aryl methyl sites for hydroxylation is 2. The van der Waals surface area contributed by atoms with E-state index in [4.69, 9.17) is 17.3 Å². The fourth-order valence-corrected chi connectivity index (χ4v) is 3.70. The number of hydrogen-bond donors (Lipinski definition) is 2. The zero-order valence-corrected chi connectivity index (χ0v) is 19.5. The Balaban J connectivity index is 1.90. The third-order valence-corrected chi connectivity index (χ3v) is 5.41. The third kappa shape index (κ3) is 5.21. The van der Waals surface area contributed by atoms with Gasteiger partial charge in [0.05, 0.1) is 11.3 Å². The molecule has 0 bridgehead atoms. The summed E-state index contributed by atoms with van der Waals surface area (Å²) < 4.78 is 16.7. The predicted molar refractivity (Wildman–Crippen MR) is 131 cm³/mol. The van der Waals surface area contributed by atoms with Gasteiger partial charge in [0.1, 0.15) is 11.6 Å². The first-order valence-electron chi connectivity index (χ1n) is 10.1. The van der Waals surface area contributed by atoms with Crippen LogP contribution in [0.2, 0.25) is 0 Å². The summed E-state index contributed by atoms with van der Waals surface area (Å²) in [5, 5.41) is 7.39. The SMILES string of the molecule is C=C/C(=C\C(=C)Cl)CNC(=O)c1ccc(-c2cc(-c3c(C)nn(C)c3C)cnc2N)cc1F. The van der Waals surface area contributed by atoms with E-state index in [1.54, 1.807) is 29.1 Å². The molecule has 33 heavy (non-hydrogen) atoms. The number of nitrogens with zero attached hydrogens (tertiary/aromatic N) is 3. The molecule has 0 saturated heterocycles. The van der Waals surface area contributed by atoms with Crippen molar-refractivity contribution >= 4 is 23.3 Å². The van der Waals surface area contributed by atoms with E-state index in [9.17, 15) is 9.18 Å². The van der Waals surface area contributed by atoms with Crippen LogP contribution in [0.15, 0.2) is 66.4 Å². The molecule has 6 nitrogen and oxygen atoms in total. The van der Waals surface area contributed by atoms with Gasteiger partial charge in [0.25, 0.3) is 5.91 Å². The molecule has 0 radical (unpaired) electrons. The van der Waals surface area contributed by atoms with E-state index in [-0.39, 0.29) is 17.9 Å². The normalized spacial score (nSPS) is 11.4. The van der Waals surface area contributed by atoms with Crippen molar-refractivity contribution in [2.45, 2.75) is 13.8 Å². The number of nitrogens with two attached hydrogens (primary N) is 1. The second-order valence-electron chi connectivity index (χ2n) is 7.57. The first kappa shape index (κ1) is 23.9. The molecule has 3 aromatic rings. The number of anilines is 1. The molecule has 0 fully saturated rings. The number of amides is 1. The molecular weight excluding hydrogens is 441 g/mol. The second-order valence-corrected chi connectivity index (χ2v) is 8.06. The van der Waals surface area contributed by atoms with Crippen LogP contribution < -0.4 is 11.1 Å². The number of carbonyl (C=O) groups is 1. The van der Waals surface area contributed by atoms with Gasteiger partial charge < -0.3 is 11.1 Å². The van der Waals surface area contributed by atoms with Crippen LogP contribution in [0.5, 0.6) is 0 Å². The zero-order chi connectivity index (χ0) is 24.3. The summed E-state index contributed by atoms with van der Waals surface area (Å²) in [5.41, 5.74) is 11.4. The smallest absolute Gasteiger partial charge is 0.254 e. The van der Waals surface area contributed by atoms with E-state index in [2.05, 4.69) is 28.6 Å². The molecule has 0 unspecified atom stereocenters. The standard InChI is InChI=1S/C25H25ClFN5O/c1-6-17(9-14(2)26)12-30-25(33)20-8-7-18(11-22(20)27)21-10-19(13-29-24(21)28)23-15(3)31-32(5)16(23)4/h6-11,13H,1-2,12H2,3-5H3,(H2,28,29)(H,30,33)/b17-9+. The number of hydrogen-bond acceptors (Lipinski definition) is 4. The fraction of sp³-hybridized carbons (Fsp3) is 0.160. The monoisotopic (exact) mass is 465 g/mol. The summed E-state index contributed by atoms with van der Waals surface area (Å²) >= 11 is 5.75. The van der Waals surface area contributed by atoms with Crippen molar-refractivity contribution in [2.75, 3.05) is 12.3 Å². The average Bonchev–Trinajstić information content (AvgIpc) is 3.02.